The number of urea groups is 1. The maximum atomic E-state index is 14.1. The molecule has 6 amide bonds. The number of amides is 6. The number of hydrogen-bond donors (Lipinski definition) is 5. The van der Waals surface area contributed by atoms with E-state index < -0.39 is 77.7 Å². The molecule has 4 rings (SSSR count). The highest BCUT2D eigenvalue weighted by Gasteiger charge is 2.70. The van der Waals surface area contributed by atoms with Gasteiger partial charge in [-0.1, -0.05) is 77.8 Å². The van der Waals surface area contributed by atoms with Gasteiger partial charge in [-0.2, -0.15) is 0 Å². The summed E-state index contributed by atoms with van der Waals surface area (Å²) in [5.74, 6) is -3.25. The fraction of sp³-hybridized carbons (Fsp3) is 0.657. The van der Waals surface area contributed by atoms with Crippen molar-refractivity contribution in [2.24, 2.45) is 28.6 Å². The quantitative estimate of drug-likeness (QED) is 0.191. The smallest absolute Gasteiger partial charge is 0.315 e. The molecule has 1 aromatic rings. The number of fused-ring (bicyclic) bond motifs is 1. The summed E-state index contributed by atoms with van der Waals surface area (Å²) in [7, 11) is 0. The second-order valence-electron chi connectivity index (χ2n) is 15.9. The van der Waals surface area contributed by atoms with Gasteiger partial charge in [0.2, 0.25) is 23.5 Å². The Morgan fingerprint density at radius 2 is 1.60 bits per heavy atom. The highest BCUT2D eigenvalue weighted by atomic mass is 19.1. The summed E-state index contributed by atoms with van der Waals surface area (Å²) >= 11 is 0. The van der Waals surface area contributed by atoms with Crippen LogP contribution in [0.25, 0.3) is 0 Å². The zero-order chi connectivity index (χ0) is 35.6. The molecule has 12 nitrogen and oxygen atoms in total. The molecule has 0 bridgehead atoms. The second-order valence-corrected chi connectivity index (χ2v) is 15.9. The Labute approximate surface area is 282 Å². The molecule has 1 aliphatic heterocycles. The molecule has 3 aliphatic rings. The Balaban J connectivity index is 1.44. The van der Waals surface area contributed by atoms with Crippen molar-refractivity contribution in [3.8, 4) is 0 Å². The third-order valence-electron chi connectivity index (χ3n) is 9.80. The van der Waals surface area contributed by atoms with Gasteiger partial charge in [-0.25, -0.2) is 9.18 Å². The monoisotopic (exact) mass is 670 g/mol. The molecule has 3 fully saturated rings. The number of carbonyl (C=O) groups excluding carboxylic acids is 6. The van der Waals surface area contributed by atoms with E-state index in [1.807, 2.05) is 44.2 Å². The number of halogens is 1. The molecule has 13 heteroatoms. The minimum atomic E-state index is -1.14. The van der Waals surface area contributed by atoms with E-state index in [1.165, 1.54) is 18.7 Å². The lowest BCUT2D eigenvalue weighted by atomic mass is 9.85. The van der Waals surface area contributed by atoms with Gasteiger partial charge in [0.15, 0.2) is 0 Å². The van der Waals surface area contributed by atoms with Crippen LogP contribution >= 0.6 is 0 Å². The zero-order valence-corrected chi connectivity index (χ0v) is 29.1. The molecule has 1 aromatic carbocycles. The predicted octanol–water partition coefficient (Wildman–Crippen LogP) is 2.22. The molecule has 1 heterocycles. The molecular formula is C35H51FN6O6. The number of hydrogen-bond acceptors (Lipinski definition) is 6. The Kier molecular flexibility index (Phi) is 10.9. The van der Waals surface area contributed by atoms with Crippen molar-refractivity contribution >= 4 is 35.4 Å². The van der Waals surface area contributed by atoms with Gasteiger partial charge in [0, 0.05) is 13.1 Å². The molecule has 1 unspecified atom stereocenters. The third-order valence-corrected chi connectivity index (χ3v) is 9.80. The molecule has 5 N–H and O–H groups in total. The van der Waals surface area contributed by atoms with Gasteiger partial charge in [0.25, 0.3) is 5.91 Å². The van der Waals surface area contributed by atoms with Crippen molar-refractivity contribution in [2.75, 3.05) is 19.8 Å². The SMILES string of the molecule is CC(C)(CF)NC(=O)N[C@H](C(=O)N1C[C@H]2[C@@H]([C@H]1C(=O)NC(CC1CC1)C(=O)C(=O)NCC(=O)NCc1ccccc1)C2(C)C)C(C)(C)C. The van der Waals surface area contributed by atoms with Gasteiger partial charge in [-0.05, 0) is 54.4 Å². The number of piperidine rings is 1. The van der Waals surface area contributed by atoms with Crippen LogP contribution in [0.1, 0.15) is 73.3 Å². The molecule has 0 radical (unpaired) electrons. The minimum Gasteiger partial charge on any atom is -0.350 e. The van der Waals surface area contributed by atoms with Crippen LogP contribution < -0.4 is 26.6 Å². The largest absolute Gasteiger partial charge is 0.350 e. The van der Waals surface area contributed by atoms with Gasteiger partial charge in [0.05, 0.1) is 18.1 Å². The lowest BCUT2D eigenvalue weighted by Gasteiger charge is -2.38. The average molecular weight is 671 g/mol. The number of Topliss-reactive ketones (excluding diaryl/α,β-unsaturated/α-hetero) is 1. The molecule has 0 spiro atoms. The van der Waals surface area contributed by atoms with Crippen LogP contribution in [-0.2, 0) is 30.5 Å². The van der Waals surface area contributed by atoms with Crippen molar-refractivity contribution in [1.82, 2.24) is 31.5 Å². The van der Waals surface area contributed by atoms with Crippen LogP contribution in [-0.4, -0.2) is 83.8 Å². The molecule has 2 saturated carbocycles. The standard InChI is InChI=1S/C35H51FN6O6/c1-33(2,3)28(40-32(48)41-34(4,5)19-36)31(47)42-18-22-25(35(22,6)7)26(42)29(45)39-23(15-20-13-14-20)27(44)30(46)38-17-24(43)37-16-21-11-9-8-10-12-21/h8-12,20,22-23,25-26,28H,13-19H2,1-7H3,(H,37,43)(H,38,46)(H,39,45)(H2,40,41,48)/t22-,23?,25-,26-,28+/m0/s1. The molecule has 5 atom stereocenters. The third kappa shape index (κ3) is 8.90. The first-order valence-corrected chi connectivity index (χ1v) is 16.7. The number of nitrogens with zero attached hydrogens (tertiary/aromatic N) is 1. The first-order chi connectivity index (χ1) is 22.4. The number of likely N-dealkylation sites (tertiary alicyclic amines) is 1. The summed E-state index contributed by atoms with van der Waals surface area (Å²) in [5, 5.41) is 13.1. The number of benzene rings is 1. The first-order valence-electron chi connectivity index (χ1n) is 16.7. The number of nitrogens with one attached hydrogen (secondary N) is 5. The topological polar surface area (TPSA) is 166 Å². The highest BCUT2D eigenvalue weighted by molar-refractivity contribution is 6.38. The molecule has 1 saturated heterocycles. The van der Waals surface area contributed by atoms with E-state index in [1.54, 1.807) is 20.8 Å². The maximum Gasteiger partial charge on any atom is 0.315 e. The Morgan fingerprint density at radius 1 is 0.958 bits per heavy atom. The summed E-state index contributed by atoms with van der Waals surface area (Å²) in [4.78, 5) is 81.1. The van der Waals surface area contributed by atoms with Crippen LogP contribution in [0.2, 0.25) is 0 Å². The summed E-state index contributed by atoms with van der Waals surface area (Å²) < 4.78 is 13.4. The zero-order valence-electron chi connectivity index (χ0n) is 29.1. The summed E-state index contributed by atoms with van der Waals surface area (Å²) in [6.07, 6.45) is 2.01. The maximum absolute atomic E-state index is 14.1. The van der Waals surface area contributed by atoms with E-state index in [-0.39, 0.29) is 36.1 Å². The highest BCUT2D eigenvalue weighted by Crippen LogP contribution is 2.65. The minimum absolute atomic E-state index is 0.0346. The summed E-state index contributed by atoms with van der Waals surface area (Å²) in [6, 6.07) is 5.47. The summed E-state index contributed by atoms with van der Waals surface area (Å²) in [6.45, 7) is 11.8. The lowest BCUT2D eigenvalue weighted by molar-refractivity contribution is -0.145. The molecular weight excluding hydrogens is 619 g/mol. The lowest BCUT2D eigenvalue weighted by Crippen LogP contribution is -2.62. The van der Waals surface area contributed by atoms with Gasteiger partial charge in [-0.3, -0.25) is 24.0 Å². The Morgan fingerprint density at radius 3 is 2.19 bits per heavy atom. The number of ketones is 1. The first kappa shape index (κ1) is 36.8. The molecule has 264 valence electrons. The van der Waals surface area contributed by atoms with Crippen LogP contribution in [0.4, 0.5) is 9.18 Å². The van der Waals surface area contributed by atoms with Crippen molar-refractivity contribution < 1.29 is 33.2 Å². The Hall–Kier alpha value is -4.03. The van der Waals surface area contributed by atoms with Crippen molar-refractivity contribution in [3.05, 3.63) is 35.9 Å². The van der Waals surface area contributed by atoms with Gasteiger partial charge >= 0.3 is 6.03 Å². The predicted molar refractivity (Wildman–Crippen MR) is 177 cm³/mol. The second kappa shape index (κ2) is 14.2. The average Bonchev–Trinajstić information content (AvgIpc) is 3.87. The van der Waals surface area contributed by atoms with Crippen molar-refractivity contribution in [2.45, 2.75) is 97.9 Å². The van der Waals surface area contributed by atoms with Crippen LogP contribution in [0.5, 0.6) is 0 Å². The van der Waals surface area contributed by atoms with Crippen molar-refractivity contribution in [3.63, 3.8) is 0 Å². The fourth-order valence-corrected chi connectivity index (χ4v) is 6.58. The van der Waals surface area contributed by atoms with Gasteiger partial charge in [0.1, 0.15) is 18.8 Å². The van der Waals surface area contributed by atoms with E-state index in [2.05, 4.69) is 26.6 Å². The van der Waals surface area contributed by atoms with E-state index in [4.69, 9.17) is 0 Å². The van der Waals surface area contributed by atoms with Crippen molar-refractivity contribution in [1.29, 1.82) is 0 Å². The van der Waals surface area contributed by atoms with Crippen LogP contribution in [0.3, 0.4) is 0 Å². The fourth-order valence-electron chi connectivity index (χ4n) is 6.58. The van der Waals surface area contributed by atoms with Crippen LogP contribution in [0, 0.1) is 28.6 Å². The number of rotatable bonds is 14. The van der Waals surface area contributed by atoms with E-state index in [9.17, 15) is 33.2 Å². The summed E-state index contributed by atoms with van der Waals surface area (Å²) in [5.41, 5.74) is -1.24. The van der Waals surface area contributed by atoms with E-state index in [0.717, 1.165) is 18.4 Å². The number of carbonyl (C=O) groups is 6. The van der Waals surface area contributed by atoms with Crippen LogP contribution in [0.15, 0.2) is 30.3 Å². The van der Waals surface area contributed by atoms with E-state index in [0.29, 0.717) is 6.54 Å². The molecule has 48 heavy (non-hydrogen) atoms. The molecule has 2 aliphatic carbocycles. The Bertz CT molecular complexity index is 1410. The van der Waals surface area contributed by atoms with Gasteiger partial charge < -0.3 is 31.5 Å². The normalized spacial score (nSPS) is 22.4. The van der Waals surface area contributed by atoms with Gasteiger partial charge in [-0.15, -0.1) is 0 Å². The molecule has 0 aromatic heterocycles. The van der Waals surface area contributed by atoms with E-state index >= 15 is 0 Å². The number of alkyl halides is 1.